The summed E-state index contributed by atoms with van der Waals surface area (Å²) in [6.07, 6.45) is 5.25. The number of carboxylic acids is 1. The molecule has 0 atom stereocenters. The summed E-state index contributed by atoms with van der Waals surface area (Å²) in [5, 5.41) is 22.4. The van der Waals surface area contributed by atoms with E-state index < -0.39 is 5.97 Å². The van der Waals surface area contributed by atoms with Gasteiger partial charge in [-0.05, 0) is 11.4 Å². The van der Waals surface area contributed by atoms with E-state index in [0.717, 1.165) is 0 Å². The average Bonchev–Trinajstić information content (AvgIpc) is 2.83. The van der Waals surface area contributed by atoms with E-state index in [1.807, 2.05) is 6.07 Å². The summed E-state index contributed by atoms with van der Waals surface area (Å²) >= 11 is 1.26. The summed E-state index contributed by atoms with van der Waals surface area (Å²) < 4.78 is 0. The second-order valence-electron chi connectivity index (χ2n) is 3.88. The lowest BCUT2D eigenvalue weighted by atomic mass is 10.3. The van der Waals surface area contributed by atoms with Gasteiger partial charge in [0.15, 0.2) is 0 Å². The number of aliphatic carboxylic acids is 1. The molecular weight excluding hydrogens is 278 g/mol. The fourth-order valence-corrected chi connectivity index (χ4v) is 2.23. The number of carbonyl (C=O) groups excluding carboxylic acids is 1. The lowest BCUT2D eigenvalue weighted by molar-refractivity contribution is -0.138. The number of hydrogen-bond donors (Lipinski definition) is 2. The summed E-state index contributed by atoms with van der Waals surface area (Å²) in [6, 6.07) is 3.59. The molecule has 1 rings (SSSR count). The first-order valence-electron chi connectivity index (χ1n) is 5.72. The molecule has 20 heavy (non-hydrogen) atoms. The first-order chi connectivity index (χ1) is 9.56. The van der Waals surface area contributed by atoms with Crippen LogP contribution in [-0.4, -0.2) is 41.5 Å². The molecule has 2 N–H and O–H groups in total. The van der Waals surface area contributed by atoms with Crippen LogP contribution >= 0.6 is 11.3 Å². The maximum atomic E-state index is 11.7. The third-order valence-corrected chi connectivity index (χ3v) is 3.20. The predicted molar refractivity (Wildman–Crippen MR) is 75.2 cm³/mol. The highest BCUT2D eigenvalue weighted by Crippen LogP contribution is 2.22. The second kappa shape index (κ2) is 7.95. The Hall–Kier alpha value is -2.35. The number of carbonyl (C=O) groups is 2. The normalized spacial score (nSPS) is 9.75. The molecule has 1 heterocycles. The molecule has 0 saturated heterocycles. The van der Waals surface area contributed by atoms with E-state index in [0.29, 0.717) is 10.6 Å². The van der Waals surface area contributed by atoms with Crippen LogP contribution in [0.5, 0.6) is 0 Å². The second-order valence-corrected chi connectivity index (χ2v) is 4.80. The molecule has 0 aliphatic carbocycles. The van der Waals surface area contributed by atoms with Crippen LogP contribution in [-0.2, 0) is 9.59 Å². The number of hydrogen-bond acceptors (Lipinski definition) is 5. The number of carboxylic acid groups (broad SMARTS) is 1. The summed E-state index contributed by atoms with van der Waals surface area (Å²) in [5.74, 6) is 1.07. The molecule has 7 heteroatoms. The van der Waals surface area contributed by atoms with Gasteiger partial charge in [-0.3, -0.25) is 14.5 Å². The molecule has 0 saturated carbocycles. The Bertz CT molecular complexity index is 568. The molecule has 104 valence electrons. The predicted octanol–water partition coefficient (Wildman–Crippen LogP) is 0.968. The molecule has 0 aromatic carbocycles. The molecule has 0 spiro atoms. The summed E-state index contributed by atoms with van der Waals surface area (Å²) in [6.45, 7) is 0.206. The number of nitrogens with zero attached hydrogens (tertiary/aromatic N) is 2. The zero-order chi connectivity index (χ0) is 15.0. The average molecular weight is 291 g/mol. The first-order valence-corrected chi connectivity index (χ1v) is 6.59. The molecular formula is C13H13N3O3S. The van der Waals surface area contributed by atoms with Gasteiger partial charge in [-0.2, -0.15) is 5.26 Å². The molecule has 0 radical (unpaired) electrons. The number of nitriles is 1. The van der Waals surface area contributed by atoms with E-state index in [9.17, 15) is 9.59 Å². The van der Waals surface area contributed by atoms with Gasteiger partial charge < -0.3 is 10.4 Å². The van der Waals surface area contributed by atoms with Gasteiger partial charge in [-0.25, -0.2) is 0 Å². The lowest BCUT2D eigenvalue weighted by Gasteiger charge is -2.16. The molecule has 0 aliphatic rings. The fraction of sp³-hybridized carbons (Fsp3) is 0.308. The molecule has 0 aliphatic heterocycles. The number of terminal acetylenes is 1. The van der Waals surface area contributed by atoms with Crippen LogP contribution in [0.4, 0.5) is 5.00 Å². The van der Waals surface area contributed by atoms with E-state index in [1.165, 1.54) is 16.2 Å². The van der Waals surface area contributed by atoms with Crippen LogP contribution in [0.1, 0.15) is 12.0 Å². The van der Waals surface area contributed by atoms with Crippen molar-refractivity contribution in [3.05, 3.63) is 17.0 Å². The summed E-state index contributed by atoms with van der Waals surface area (Å²) in [4.78, 5) is 23.8. The van der Waals surface area contributed by atoms with Crippen LogP contribution in [0.15, 0.2) is 11.4 Å². The van der Waals surface area contributed by atoms with Crippen molar-refractivity contribution >= 4 is 28.2 Å². The first kappa shape index (κ1) is 15.7. The van der Waals surface area contributed by atoms with Gasteiger partial charge in [0, 0.05) is 13.0 Å². The Morgan fingerprint density at radius 1 is 1.55 bits per heavy atom. The standard InChI is InChI=1S/C13H13N3O3S/c1-2-5-16(9-12(18)19)6-3-11(17)15-13-10(8-14)4-7-20-13/h1,4,7H,3,5-6,9H2,(H,15,17)(H,18,19). The van der Waals surface area contributed by atoms with Gasteiger partial charge in [-0.15, -0.1) is 17.8 Å². The van der Waals surface area contributed by atoms with Crippen LogP contribution in [0.2, 0.25) is 0 Å². The van der Waals surface area contributed by atoms with Crippen molar-refractivity contribution in [2.75, 3.05) is 25.0 Å². The molecule has 0 unspecified atom stereocenters. The zero-order valence-electron chi connectivity index (χ0n) is 10.6. The summed E-state index contributed by atoms with van der Waals surface area (Å²) in [5.41, 5.74) is 0.411. The van der Waals surface area contributed by atoms with E-state index in [1.54, 1.807) is 11.4 Å². The monoisotopic (exact) mass is 291 g/mol. The Morgan fingerprint density at radius 2 is 2.30 bits per heavy atom. The fourth-order valence-electron chi connectivity index (χ4n) is 1.48. The van der Waals surface area contributed by atoms with Crippen LogP contribution in [0.25, 0.3) is 0 Å². The van der Waals surface area contributed by atoms with Crippen LogP contribution < -0.4 is 5.32 Å². The highest BCUT2D eigenvalue weighted by molar-refractivity contribution is 7.14. The molecule has 0 fully saturated rings. The molecule has 6 nitrogen and oxygen atoms in total. The zero-order valence-corrected chi connectivity index (χ0v) is 11.4. The van der Waals surface area contributed by atoms with Crippen LogP contribution in [0, 0.1) is 23.7 Å². The minimum Gasteiger partial charge on any atom is -0.480 e. The minimum atomic E-state index is -0.995. The number of amides is 1. The smallest absolute Gasteiger partial charge is 0.317 e. The van der Waals surface area contributed by atoms with E-state index in [-0.39, 0.29) is 32.0 Å². The van der Waals surface area contributed by atoms with Crippen molar-refractivity contribution in [1.29, 1.82) is 5.26 Å². The molecule has 1 amide bonds. The van der Waals surface area contributed by atoms with Gasteiger partial charge in [0.2, 0.25) is 5.91 Å². The molecule has 1 aromatic heterocycles. The summed E-state index contributed by atoms with van der Waals surface area (Å²) in [7, 11) is 0. The maximum Gasteiger partial charge on any atom is 0.317 e. The number of anilines is 1. The van der Waals surface area contributed by atoms with E-state index in [2.05, 4.69) is 11.2 Å². The maximum absolute atomic E-state index is 11.7. The van der Waals surface area contributed by atoms with Gasteiger partial charge >= 0.3 is 5.97 Å². The Morgan fingerprint density at radius 3 is 2.90 bits per heavy atom. The van der Waals surface area contributed by atoms with Crippen LogP contribution in [0.3, 0.4) is 0 Å². The molecule has 0 bridgehead atoms. The van der Waals surface area contributed by atoms with Crippen molar-refractivity contribution in [3.63, 3.8) is 0 Å². The van der Waals surface area contributed by atoms with Gasteiger partial charge in [-0.1, -0.05) is 5.92 Å². The quantitative estimate of drug-likeness (QED) is 0.730. The van der Waals surface area contributed by atoms with E-state index >= 15 is 0 Å². The van der Waals surface area contributed by atoms with Gasteiger partial charge in [0.1, 0.15) is 11.1 Å². The lowest BCUT2D eigenvalue weighted by Crippen LogP contribution is -2.33. The Balaban J connectivity index is 2.48. The van der Waals surface area contributed by atoms with Gasteiger partial charge in [0.25, 0.3) is 0 Å². The Labute approximate surface area is 120 Å². The number of nitrogens with one attached hydrogen (secondary N) is 1. The topological polar surface area (TPSA) is 93.4 Å². The minimum absolute atomic E-state index is 0.109. The third kappa shape index (κ3) is 5.11. The SMILES string of the molecule is C#CCN(CCC(=O)Nc1sccc1C#N)CC(=O)O. The number of rotatable bonds is 7. The third-order valence-electron chi connectivity index (χ3n) is 2.37. The number of thiophene rings is 1. The van der Waals surface area contributed by atoms with Crippen molar-refractivity contribution in [3.8, 4) is 18.4 Å². The van der Waals surface area contributed by atoms with Crippen molar-refractivity contribution in [2.45, 2.75) is 6.42 Å². The largest absolute Gasteiger partial charge is 0.480 e. The Kier molecular flexibility index (Phi) is 6.24. The molecule has 1 aromatic rings. The van der Waals surface area contributed by atoms with Gasteiger partial charge in [0.05, 0.1) is 18.7 Å². The van der Waals surface area contributed by atoms with Crippen molar-refractivity contribution < 1.29 is 14.7 Å². The highest BCUT2D eigenvalue weighted by atomic mass is 32.1. The van der Waals surface area contributed by atoms with E-state index in [4.69, 9.17) is 16.8 Å². The van der Waals surface area contributed by atoms with Crippen molar-refractivity contribution in [2.24, 2.45) is 0 Å². The highest BCUT2D eigenvalue weighted by Gasteiger charge is 2.12. The van der Waals surface area contributed by atoms with Crippen molar-refractivity contribution in [1.82, 2.24) is 4.90 Å².